The average Bonchev–Trinajstić information content (AvgIpc) is 2.96. The van der Waals surface area contributed by atoms with Crippen LogP contribution in [0.15, 0.2) is 42.5 Å². The molecule has 0 fully saturated rings. The van der Waals surface area contributed by atoms with E-state index in [1.54, 1.807) is 6.92 Å². The minimum Gasteiger partial charge on any atom is -0.451 e. The van der Waals surface area contributed by atoms with Crippen molar-refractivity contribution in [1.82, 2.24) is 4.98 Å². The first-order valence-electron chi connectivity index (χ1n) is 8.37. The van der Waals surface area contributed by atoms with Gasteiger partial charge >= 0.3 is 5.97 Å². The number of rotatable bonds is 5. The number of hydrogen-bond donors (Lipinski definition) is 1. The Labute approximate surface area is 155 Å². The summed E-state index contributed by atoms with van der Waals surface area (Å²) in [6.07, 6.45) is -1.03. The number of Topliss-reactive ketones (excluding diaryl/α,β-unsaturated/α-hetero) is 1. The number of nitrogens with one attached hydrogen (secondary N) is 1. The molecule has 3 rings (SSSR count). The fraction of sp³-hybridized carbons (Fsp3) is 0.200. The molecule has 1 heterocycles. The zero-order valence-electron chi connectivity index (χ0n) is 15.1. The molecule has 2 aromatic carbocycles. The Bertz CT molecular complexity index is 1070. The summed E-state index contributed by atoms with van der Waals surface area (Å²) in [7, 11) is 0. The van der Waals surface area contributed by atoms with Crippen LogP contribution in [0.3, 0.4) is 0 Å². The van der Waals surface area contributed by atoms with Crippen molar-refractivity contribution in [2.24, 2.45) is 0 Å². The van der Waals surface area contributed by atoms with Gasteiger partial charge in [0.15, 0.2) is 6.10 Å². The number of aromatic nitrogens is 1. The highest BCUT2D eigenvalue weighted by Crippen LogP contribution is 2.25. The molecular weight excluding hydrogens is 348 g/mol. The van der Waals surface area contributed by atoms with Crippen molar-refractivity contribution in [3.05, 3.63) is 75.0 Å². The predicted molar refractivity (Wildman–Crippen MR) is 100 cm³/mol. The number of nitro benzene ring substituents is 1. The van der Waals surface area contributed by atoms with Gasteiger partial charge in [0.05, 0.1) is 10.5 Å². The second kappa shape index (κ2) is 7.03. The van der Waals surface area contributed by atoms with E-state index in [9.17, 15) is 19.7 Å². The summed E-state index contributed by atoms with van der Waals surface area (Å²) in [6, 6.07) is 11.6. The van der Waals surface area contributed by atoms with E-state index in [1.165, 1.54) is 32.0 Å². The van der Waals surface area contributed by atoms with Gasteiger partial charge in [0.1, 0.15) is 0 Å². The highest BCUT2D eigenvalue weighted by Gasteiger charge is 2.26. The summed E-state index contributed by atoms with van der Waals surface area (Å²) in [5.41, 5.74) is 2.09. The number of fused-ring (bicyclic) bond motifs is 1. The topological polar surface area (TPSA) is 102 Å². The van der Waals surface area contributed by atoms with Gasteiger partial charge in [0.25, 0.3) is 5.69 Å². The number of carbonyl (C=O) groups excluding carboxylic acids is 2. The van der Waals surface area contributed by atoms with Crippen molar-refractivity contribution in [2.75, 3.05) is 0 Å². The van der Waals surface area contributed by atoms with Gasteiger partial charge in [-0.1, -0.05) is 24.3 Å². The standard InChI is InChI=1S/C20H18N2O5/c1-11-14(8-6-10-17(11)22(25)26)20(24)27-13(3)19(23)18-12(2)21-16-9-5-4-7-15(16)18/h4-10,13,21H,1-3H3/t13-/m1/s1. The molecule has 0 bridgehead atoms. The number of nitro groups is 1. The predicted octanol–water partition coefficient (Wildman–Crippen LogP) is 4.12. The van der Waals surface area contributed by atoms with Crippen molar-refractivity contribution in [3.63, 3.8) is 0 Å². The van der Waals surface area contributed by atoms with Crippen LogP contribution in [-0.2, 0) is 4.74 Å². The maximum atomic E-state index is 12.9. The van der Waals surface area contributed by atoms with Crippen LogP contribution in [0, 0.1) is 24.0 Å². The van der Waals surface area contributed by atoms with E-state index in [2.05, 4.69) is 4.98 Å². The van der Waals surface area contributed by atoms with Crippen LogP contribution in [0.2, 0.25) is 0 Å². The van der Waals surface area contributed by atoms with Crippen molar-refractivity contribution < 1.29 is 19.2 Å². The average molecular weight is 366 g/mol. The van der Waals surface area contributed by atoms with E-state index in [4.69, 9.17) is 4.74 Å². The van der Waals surface area contributed by atoms with Crippen molar-refractivity contribution in [2.45, 2.75) is 26.9 Å². The van der Waals surface area contributed by atoms with Crippen LogP contribution in [-0.4, -0.2) is 27.8 Å². The summed E-state index contributed by atoms with van der Waals surface area (Å²) >= 11 is 0. The Morgan fingerprint density at radius 2 is 1.81 bits per heavy atom. The number of H-pyrrole nitrogens is 1. The molecule has 27 heavy (non-hydrogen) atoms. The number of nitrogens with zero attached hydrogens (tertiary/aromatic N) is 1. The molecule has 7 heteroatoms. The smallest absolute Gasteiger partial charge is 0.339 e. The Kier molecular flexibility index (Phi) is 4.77. The minimum absolute atomic E-state index is 0.0690. The second-order valence-corrected chi connectivity index (χ2v) is 6.29. The van der Waals surface area contributed by atoms with Crippen molar-refractivity contribution in [1.29, 1.82) is 0 Å². The van der Waals surface area contributed by atoms with Gasteiger partial charge < -0.3 is 9.72 Å². The molecule has 1 atom stereocenters. The van der Waals surface area contributed by atoms with E-state index in [0.29, 0.717) is 11.3 Å². The van der Waals surface area contributed by atoms with Gasteiger partial charge in [-0.25, -0.2) is 4.79 Å². The van der Waals surface area contributed by atoms with E-state index in [-0.39, 0.29) is 22.6 Å². The molecule has 0 amide bonds. The quantitative estimate of drug-likeness (QED) is 0.317. The van der Waals surface area contributed by atoms with Gasteiger partial charge in [0.2, 0.25) is 5.78 Å². The lowest BCUT2D eigenvalue weighted by molar-refractivity contribution is -0.385. The molecule has 0 aliphatic carbocycles. The van der Waals surface area contributed by atoms with Gasteiger partial charge in [-0.15, -0.1) is 0 Å². The molecule has 0 spiro atoms. The van der Waals surface area contributed by atoms with Gasteiger partial charge in [-0.2, -0.15) is 0 Å². The third-order valence-corrected chi connectivity index (χ3v) is 4.51. The molecule has 0 aliphatic heterocycles. The fourth-order valence-electron chi connectivity index (χ4n) is 3.12. The number of para-hydroxylation sites is 1. The molecule has 138 valence electrons. The third kappa shape index (κ3) is 3.31. The first-order valence-corrected chi connectivity index (χ1v) is 8.37. The molecule has 3 aromatic rings. The van der Waals surface area contributed by atoms with Crippen LogP contribution < -0.4 is 0 Å². The highest BCUT2D eigenvalue weighted by atomic mass is 16.6. The zero-order chi connectivity index (χ0) is 19.7. The summed E-state index contributed by atoms with van der Waals surface area (Å²) in [4.78, 5) is 39.0. The van der Waals surface area contributed by atoms with Crippen LogP contribution in [0.4, 0.5) is 5.69 Å². The summed E-state index contributed by atoms with van der Waals surface area (Å²) in [5.74, 6) is -1.10. The Morgan fingerprint density at radius 1 is 1.11 bits per heavy atom. The maximum absolute atomic E-state index is 12.9. The monoisotopic (exact) mass is 366 g/mol. The molecule has 1 N–H and O–H groups in total. The molecule has 0 radical (unpaired) electrons. The lowest BCUT2D eigenvalue weighted by Gasteiger charge is -2.13. The normalized spacial score (nSPS) is 12.0. The van der Waals surface area contributed by atoms with Crippen molar-refractivity contribution in [3.8, 4) is 0 Å². The van der Waals surface area contributed by atoms with E-state index < -0.39 is 17.0 Å². The molecule has 7 nitrogen and oxygen atoms in total. The number of ether oxygens (including phenoxy) is 1. The van der Waals surface area contributed by atoms with Crippen LogP contribution >= 0.6 is 0 Å². The fourth-order valence-corrected chi connectivity index (χ4v) is 3.12. The van der Waals surface area contributed by atoms with Gasteiger partial charge in [-0.05, 0) is 32.9 Å². The summed E-state index contributed by atoms with van der Waals surface area (Å²) in [6.45, 7) is 4.76. The largest absolute Gasteiger partial charge is 0.451 e. The SMILES string of the molecule is Cc1[nH]c2ccccc2c1C(=O)[C@@H](C)OC(=O)c1cccc([N+](=O)[O-])c1C. The number of benzene rings is 2. The lowest BCUT2D eigenvalue weighted by Crippen LogP contribution is -2.25. The van der Waals surface area contributed by atoms with Gasteiger partial charge in [-0.3, -0.25) is 14.9 Å². The van der Waals surface area contributed by atoms with Crippen molar-refractivity contribution >= 4 is 28.3 Å². The minimum atomic E-state index is -1.03. The molecule has 0 unspecified atom stereocenters. The zero-order valence-corrected chi connectivity index (χ0v) is 15.1. The maximum Gasteiger partial charge on any atom is 0.339 e. The number of aromatic amines is 1. The lowest BCUT2D eigenvalue weighted by atomic mass is 10.0. The third-order valence-electron chi connectivity index (χ3n) is 4.51. The molecular formula is C20H18N2O5. The Hall–Kier alpha value is -3.48. The second-order valence-electron chi connectivity index (χ2n) is 6.29. The van der Waals surface area contributed by atoms with Gasteiger partial charge in [0, 0.05) is 33.8 Å². The highest BCUT2D eigenvalue weighted by molar-refractivity contribution is 6.11. The molecule has 0 aliphatic rings. The van der Waals surface area contributed by atoms with Crippen LogP contribution in [0.1, 0.15) is 38.9 Å². The number of carbonyl (C=O) groups is 2. The van der Waals surface area contributed by atoms with Crippen LogP contribution in [0.25, 0.3) is 10.9 Å². The molecule has 1 aromatic heterocycles. The Balaban J connectivity index is 1.87. The number of esters is 1. The van der Waals surface area contributed by atoms with Crippen LogP contribution in [0.5, 0.6) is 0 Å². The van der Waals surface area contributed by atoms with E-state index >= 15 is 0 Å². The first-order chi connectivity index (χ1) is 12.8. The summed E-state index contributed by atoms with van der Waals surface area (Å²) < 4.78 is 5.32. The molecule has 0 saturated carbocycles. The number of aryl methyl sites for hydroxylation is 1. The van der Waals surface area contributed by atoms with E-state index in [1.807, 2.05) is 24.3 Å². The Morgan fingerprint density at radius 3 is 2.52 bits per heavy atom. The number of ketones is 1. The summed E-state index contributed by atoms with van der Waals surface area (Å²) in [5, 5.41) is 11.8. The first kappa shape index (κ1) is 18.3. The number of hydrogen-bond acceptors (Lipinski definition) is 5. The molecule has 0 saturated heterocycles. The van der Waals surface area contributed by atoms with E-state index in [0.717, 1.165) is 10.9 Å².